The molecule has 0 spiro atoms. The van der Waals surface area contributed by atoms with Gasteiger partial charge in [0.25, 0.3) is 0 Å². The number of imidazole rings is 1. The lowest BCUT2D eigenvalue weighted by molar-refractivity contribution is 0.510. The number of halogens is 4. The van der Waals surface area contributed by atoms with Gasteiger partial charge in [0.05, 0.1) is 28.9 Å². The van der Waals surface area contributed by atoms with E-state index in [1.165, 1.54) is 18.5 Å². The summed E-state index contributed by atoms with van der Waals surface area (Å²) in [6, 6.07) is 6.54. The van der Waals surface area contributed by atoms with E-state index >= 15 is 0 Å². The molecule has 0 N–H and O–H groups in total. The fourth-order valence-electron chi connectivity index (χ4n) is 2.03. The van der Waals surface area contributed by atoms with Crippen LogP contribution >= 0.6 is 11.6 Å². The number of fused-ring (bicyclic) bond motifs is 1. The molecule has 3 aromatic rings. The van der Waals surface area contributed by atoms with Crippen molar-refractivity contribution in [1.29, 1.82) is 0 Å². The predicted molar refractivity (Wildman–Crippen MR) is 70.2 cm³/mol. The third-order valence-corrected chi connectivity index (χ3v) is 3.46. The lowest BCUT2D eigenvalue weighted by atomic mass is 10.2. The number of hydrogen-bond donors (Lipinski definition) is 0. The van der Waals surface area contributed by atoms with E-state index in [1.54, 1.807) is 10.6 Å². The van der Waals surface area contributed by atoms with Crippen LogP contribution in [0.15, 0.2) is 36.7 Å². The molecule has 0 unspecified atom stereocenters. The minimum absolute atomic E-state index is 0.0110. The molecule has 0 radical (unpaired) electrons. The summed E-state index contributed by atoms with van der Waals surface area (Å²) in [6.45, 7) is 0.220. The van der Waals surface area contributed by atoms with E-state index < -0.39 is 17.5 Å². The van der Waals surface area contributed by atoms with E-state index in [9.17, 15) is 13.2 Å². The minimum atomic E-state index is -0.954. The fourth-order valence-corrected chi connectivity index (χ4v) is 2.22. The lowest BCUT2D eigenvalue weighted by Crippen LogP contribution is -2.00. The van der Waals surface area contributed by atoms with Crippen LogP contribution in [0.2, 0.25) is 5.02 Å². The van der Waals surface area contributed by atoms with Gasteiger partial charge < -0.3 is 4.57 Å². The Labute approximate surface area is 117 Å². The first-order valence-electron chi connectivity index (χ1n) is 5.79. The molecule has 2 aromatic carbocycles. The first-order chi connectivity index (χ1) is 9.56. The van der Waals surface area contributed by atoms with E-state index in [0.717, 1.165) is 12.1 Å². The standard InChI is InChI=1S/C14H8ClF3N2/c15-14-8(2-1-3-9(14)16)6-20-7-19-12-4-10(17)11(18)5-13(12)20/h1-5,7H,6H2. The maximum absolute atomic E-state index is 13.4. The van der Waals surface area contributed by atoms with Crippen molar-refractivity contribution in [2.75, 3.05) is 0 Å². The second kappa shape index (κ2) is 4.83. The second-order valence-corrected chi connectivity index (χ2v) is 4.72. The maximum atomic E-state index is 13.4. The Morgan fingerprint density at radius 1 is 1.05 bits per heavy atom. The second-order valence-electron chi connectivity index (χ2n) is 4.34. The molecule has 102 valence electrons. The van der Waals surface area contributed by atoms with Crippen molar-refractivity contribution in [2.24, 2.45) is 0 Å². The van der Waals surface area contributed by atoms with Gasteiger partial charge in [-0.2, -0.15) is 0 Å². The highest BCUT2D eigenvalue weighted by Gasteiger charge is 2.11. The van der Waals surface area contributed by atoms with Gasteiger partial charge >= 0.3 is 0 Å². The van der Waals surface area contributed by atoms with Crippen LogP contribution in [0.25, 0.3) is 11.0 Å². The fraction of sp³-hybridized carbons (Fsp3) is 0.0714. The van der Waals surface area contributed by atoms with Gasteiger partial charge in [-0.25, -0.2) is 18.2 Å². The van der Waals surface area contributed by atoms with Crippen molar-refractivity contribution in [3.63, 3.8) is 0 Å². The van der Waals surface area contributed by atoms with E-state index in [4.69, 9.17) is 11.6 Å². The summed E-state index contributed by atoms with van der Waals surface area (Å²) in [5.74, 6) is -2.43. The SMILES string of the molecule is Fc1cc2ncn(Cc3cccc(F)c3Cl)c2cc1F. The number of hydrogen-bond acceptors (Lipinski definition) is 1. The van der Waals surface area contributed by atoms with E-state index in [0.29, 0.717) is 16.6 Å². The predicted octanol–water partition coefficient (Wildman–Crippen LogP) is 4.16. The van der Waals surface area contributed by atoms with Crippen LogP contribution in [-0.2, 0) is 6.54 Å². The summed E-state index contributed by atoms with van der Waals surface area (Å²) < 4.78 is 41.3. The van der Waals surface area contributed by atoms with Crippen molar-refractivity contribution in [3.8, 4) is 0 Å². The van der Waals surface area contributed by atoms with E-state index in [-0.39, 0.29) is 11.6 Å². The third-order valence-electron chi connectivity index (χ3n) is 3.04. The molecule has 0 saturated carbocycles. The van der Waals surface area contributed by atoms with Crippen LogP contribution < -0.4 is 0 Å². The van der Waals surface area contributed by atoms with Crippen molar-refractivity contribution in [3.05, 3.63) is 64.7 Å². The summed E-state index contributed by atoms with van der Waals surface area (Å²) in [5, 5.41) is 0.0110. The van der Waals surface area contributed by atoms with Crippen molar-refractivity contribution in [1.82, 2.24) is 9.55 Å². The monoisotopic (exact) mass is 296 g/mol. The molecule has 0 atom stereocenters. The highest BCUT2D eigenvalue weighted by molar-refractivity contribution is 6.31. The van der Waals surface area contributed by atoms with Crippen LogP contribution in [0, 0.1) is 17.5 Å². The highest BCUT2D eigenvalue weighted by atomic mass is 35.5. The lowest BCUT2D eigenvalue weighted by Gasteiger charge is -2.07. The van der Waals surface area contributed by atoms with Gasteiger partial charge in [-0.15, -0.1) is 0 Å². The van der Waals surface area contributed by atoms with Crippen molar-refractivity contribution in [2.45, 2.75) is 6.54 Å². The van der Waals surface area contributed by atoms with Crippen LogP contribution in [0.1, 0.15) is 5.56 Å². The molecular weight excluding hydrogens is 289 g/mol. The number of rotatable bonds is 2. The molecule has 0 fully saturated rings. The molecule has 6 heteroatoms. The van der Waals surface area contributed by atoms with Crippen LogP contribution in [0.4, 0.5) is 13.2 Å². The molecule has 3 rings (SSSR count). The number of benzene rings is 2. The molecule has 20 heavy (non-hydrogen) atoms. The molecule has 1 heterocycles. The molecule has 0 aliphatic rings. The molecule has 0 saturated heterocycles. The summed E-state index contributed by atoms with van der Waals surface area (Å²) >= 11 is 5.87. The maximum Gasteiger partial charge on any atom is 0.161 e. The van der Waals surface area contributed by atoms with Crippen molar-refractivity contribution >= 4 is 22.6 Å². The molecule has 0 aliphatic carbocycles. The van der Waals surface area contributed by atoms with Gasteiger partial charge in [0.15, 0.2) is 11.6 Å². The average Bonchev–Trinajstić information content (AvgIpc) is 2.78. The highest BCUT2D eigenvalue weighted by Crippen LogP contribution is 2.23. The Morgan fingerprint density at radius 3 is 2.60 bits per heavy atom. The van der Waals surface area contributed by atoms with Gasteiger partial charge in [0.1, 0.15) is 5.82 Å². The Kier molecular flexibility index (Phi) is 3.14. The Morgan fingerprint density at radius 2 is 1.80 bits per heavy atom. The Balaban J connectivity index is 2.07. The van der Waals surface area contributed by atoms with Gasteiger partial charge in [-0.1, -0.05) is 23.7 Å². The summed E-state index contributed by atoms with van der Waals surface area (Å²) in [4.78, 5) is 3.99. The normalized spacial score (nSPS) is 11.2. The van der Waals surface area contributed by atoms with Crippen LogP contribution in [0.3, 0.4) is 0 Å². The first-order valence-corrected chi connectivity index (χ1v) is 6.17. The van der Waals surface area contributed by atoms with Gasteiger partial charge in [-0.3, -0.25) is 0 Å². The van der Waals surface area contributed by atoms with Crippen LogP contribution in [-0.4, -0.2) is 9.55 Å². The molecule has 0 amide bonds. The number of aromatic nitrogens is 2. The smallest absolute Gasteiger partial charge is 0.161 e. The minimum Gasteiger partial charge on any atom is -0.326 e. The van der Waals surface area contributed by atoms with E-state index in [2.05, 4.69) is 4.98 Å². The van der Waals surface area contributed by atoms with Gasteiger partial charge in [-0.05, 0) is 11.6 Å². The summed E-state index contributed by atoms with van der Waals surface area (Å²) in [5.41, 5.74) is 1.29. The van der Waals surface area contributed by atoms with Gasteiger partial charge in [0.2, 0.25) is 0 Å². The molecule has 2 nitrogen and oxygen atoms in total. The van der Waals surface area contributed by atoms with Crippen LogP contribution in [0.5, 0.6) is 0 Å². The topological polar surface area (TPSA) is 17.8 Å². The molecule has 0 aliphatic heterocycles. The molecule has 0 bridgehead atoms. The summed E-state index contributed by atoms with van der Waals surface area (Å²) in [6.07, 6.45) is 1.44. The summed E-state index contributed by atoms with van der Waals surface area (Å²) in [7, 11) is 0. The zero-order valence-corrected chi connectivity index (χ0v) is 10.8. The average molecular weight is 297 g/mol. The van der Waals surface area contributed by atoms with E-state index in [1.807, 2.05) is 0 Å². The zero-order valence-electron chi connectivity index (χ0n) is 10.1. The molecule has 1 aromatic heterocycles. The number of nitrogens with zero attached hydrogens (tertiary/aromatic N) is 2. The zero-order chi connectivity index (χ0) is 14.3. The molecular formula is C14H8ClF3N2. The van der Waals surface area contributed by atoms with Gasteiger partial charge in [0, 0.05) is 12.1 Å². The Hall–Kier alpha value is -2.01. The van der Waals surface area contributed by atoms with Crippen molar-refractivity contribution < 1.29 is 13.2 Å². The third kappa shape index (κ3) is 2.14. The quantitative estimate of drug-likeness (QED) is 0.694. The Bertz CT molecular complexity index is 798. The first kappa shape index (κ1) is 13.0. The largest absolute Gasteiger partial charge is 0.326 e.